The fraction of sp³-hybridized carbons (Fsp3) is 0.603. The van der Waals surface area contributed by atoms with Gasteiger partial charge in [0, 0.05) is 85.7 Å². The fourth-order valence-corrected chi connectivity index (χ4v) is 12.3. The molecule has 5 N–H and O–H groups in total. The zero-order valence-corrected chi connectivity index (χ0v) is 55.4. The van der Waals surface area contributed by atoms with Crippen LogP contribution in [0.2, 0.25) is 5.02 Å². The number of anilines is 3. The van der Waals surface area contributed by atoms with Gasteiger partial charge in [0.1, 0.15) is 53.4 Å². The molecule has 3 saturated heterocycles. The van der Waals surface area contributed by atoms with Gasteiger partial charge >= 0.3 is 24.2 Å². The van der Waals surface area contributed by atoms with E-state index in [-0.39, 0.29) is 80.2 Å². The molecule has 92 heavy (non-hydrogen) atoms. The molecule has 7 rings (SSSR count). The lowest BCUT2D eigenvalue weighted by Gasteiger charge is -2.42. The molecule has 4 bridgehead atoms. The molecule has 0 radical (unpaired) electrons. The molecule has 4 fully saturated rings. The lowest BCUT2D eigenvalue weighted by molar-refractivity contribution is -0.239. The van der Waals surface area contributed by atoms with Crippen LogP contribution in [0.5, 0.6) is 5.75 Å². The lowest BCUT2D eigenvalue weighted by atomic mass is 9.83. The van der Waals surface area contributed by atoms with Crippen LogP contribution >= 0.6 is 23.4 Å². The molecule has 1 aliphatic carbocycles. The minimum Gasteiger partial charge on any atom is -0.495 e. The molecule has 4 heterocycles. The van der Waals surface area contributed by atoms with Crippen molar-refractivity contribution in [1.29, 1.82) is 0 Å². The average molecular weight is 1330 g/mol. The summed E-state index contributed by atoms with van der Waals surface area (Å²) in [4.78, 5) is 129. The highest BCUT2D eigenvalue weighted by atomic mass is 35.5. The van der Waals surface area contributed by atoms with Gasteiger partial charge in [-0.05, 0) is 88.3 Å². The molecule has 1 saturated carbocycles. The Hall–Kier alpha value is -7.21. The van der Waals surface area contributed by atoms with Gasteiger partial charge in [-0.15, -0.1) is 0 Å². The Bertz CT molecular complexity index is 3080. The number of ether oxygens (including phenoxy) is 7. The predicted octanol–water partition coefficient (Wildman–Crippen LogP) is 7.43. The molecule has 2 aromatic carbocycles. The molecule has 1 unspecified atom stereocenters. The van der Waals surface area contributed by atoms with Crippen LogP contribution in [0.15, 0.2) is 54.1 Å². The standard InChI is InChI=1S/C63H87ClN8O19S/c1-37-17-16-20-48(85-10)63(83)34-47(88-59(80)67-63)38(2)56-62(4,90-56)49(33-53(76)71(8)45-31-41(29-37)32-46(84-9)55(45)64)89-57(78)39(3)70(7)50(73)25-28-92-61(82)69(6)27-26-68(5)60(81)86-36-40-21-22-43(66-58(79)87-42-18-14-12-11-13-15-19-42)44(30-40)65-35-54(77)91-72-51(74)23-24-52(72)75/h16-17,20-22,30-32,38-39,42,47-49,54,56,65,77,83H,11-15,18-19,23-29,33-36H2,1-10H3,(H,66,79)(H,67,80)/b20-16+,37-17+/t38-,39+,47+,48-,49+,54?,56+,62+,63+/m1/s1. The smallest absolute Gasteiger partial charge is 0.411 e. The number of hydroxylamine groups is 2. The number of rotatable bonds is 20. The number of carbonyl (C=O) groups is 9. The number of thioether (sulfide) groups is 1. The second kappa shape index (κ2) is 32.6. The molecular formula is C63H87ClN8O19S. The largest absolute Gasteiger partial charge is 0.495 e. The molecule has 0 aromatic heterocycles. The SMILES string of the molecule is COc1cc2cc(c1Cl)N(C)C(=O)C[C@H](OC(=O)[C@H](C)N(C)C(=O)CCSC(=O)N(C)CCN(C)C(=O)OCc1ccc(NC(=O)OC3CCCCCCC3)c(NCC(O)ON3C(=O)CCC3=O)c1)[C@]1(C)O[C@H]1[C@H](C)[C@@H]1C[C@@](O)(NC(=O)O1)[C@H](OC)/C=C/C=C(\C)C2. The van der Waals surface area contributed by atoms with E-state index in [2.05, 4.69) is 16.0 Å². The van der Waals surface area contributed by atoms with Crippen LogP contribution in [0.3, 0.4) is 0 Å². The van der Waals surface area contributed by atoms with E-state index in [1.54, 1.807) is 56.3 Å². The number of fused-ring (bicyclic) bond motifs is 5. The summed E-state index contributed by atoms with van der Waals surface area (Å²) in [7, 11) is 8.82. The van der Waals surface area contributed by atoms with Gasteiger partial charge in [-0.1, -0.05) is 79.4 Å². The molecule has 27 nitrogen and oxygen atoms in total. The van der Waals surface area contributed by atoms with Crippen LogP contribution in [-0.2, 0) is 70.3 Å². The number of alkyl carbamates (subject to hydrolysis) is 1. The first-order chi connectivity index (χ1) is 43.6. The Morgan fingerprint density at radius 2 is 1.62 bits per heavy atom. The summed E-state index contributed by atoms with van der Waals surface area (Å²) in [6.45, 7) is 6.37. The zero-order valence-electron chi connectivity index (χ0n) is 53.8. The van der Waals surface area contributed by atoms with E-state index in [1.165, 1.54) is 68.9 Å². The average Bonchev–Trinajstić information content (AvgIpc) is 1.57. The number of nitrogens with zero attached hydrogens (tertiary/aromatic N) is 5. The van der Waals surface area contributed by atoms with Crippen LogP contribution in [0.1, 0.15) is 116 Å². The Morgan fingerprint density at radius 1 is 0.935 bits per heavy atom. The van der Waals surface area contributed by atoms with Crippen molar-refractivity contribution in [2.75, 3.05) is 83.3 Å². The highest BCUT2D eigenvalue weighted by molar-refractivity contribution is 8.13. The number of halogens is 1. The molecule has 4 aliphatic heterocycles. The monoisotopic (exact) mass is 1330 g/mol. The van der Waals surface area contributed by atoms with E-state index in [4.69, 9.17) is 49.6 Å². The number of esters is 1. The maximum Gasteiger partial charge on any atom is 0.411 e. The zero-order chi connectivity index (χ0) is 67.2. The van der Waals surface area contributed by atoms with E-state index < -0.39 is 114 Å². The van der Waals surface area contributed by atoms with Crippen molar-refractivity contribution in [2.24, 2.45) is 5.92 Å². The highest BCUT2D eigenvalue weighted by Crippen LogP contribution is 2.49. The third-order valence-corrected chi connectivity index (χ3v) is 18.5. The summed E-state index contributed by atoms with van der Waals surface area (Å²) in [5, 5.41) is 31.0. The maximum absolute atomic E-state index is 14.4. The number of likely N-dealkylation sites (N-methyl/N-ethyl adjacent to an activating group) is 3. The maximum atomic E-state index is 14.4. The number of benzene rings is 2. The molecule has 5 aliphatic rings. The van der Waals surface area contributed by atoms with E-state index in [0.717, 1.165) is 67.8 Å². The van der Waals surface area contributed by atoms with Crippen molar-refractivity contribution in [3.05, 3.63) is 70.3 Å². The summed E-state index contributed by atoms with van der Waals surface area (Å²) >= 11 is 7.70. The van der Waals surface area contributed by atoms with Crippen LogP contribution in [0, 0.1) is 5.92 Å². The molecular weight excluding hydrogens is 1240 g/mol. The van der Waals surface area contributed by atoms with Gasteiger partial charge in [0.2, 0.25) is 11.8 Å². The van der Waals surface area contributed by atoms with Crippen LogP contribution < -0.4 is 25.6 Å². The lowest BCUT2D eigenvalue weighted by Crippen LogP contribution is -2.63. The van der Waals surface area contributed by atoms with Gasteiger partial charge in [-0.2, -0.15) is 5.06 Å². The summed E-state index contributed by atoms with van der Waals surface area (Å²) in [5.74, 6) is -3.33. The number of carbonyl (C=O) groups excluding carboxylic acids is 9. The first-order valence-electron chi connectivity index (χ1n) is 30.8. The Kier molecular flexibility index (Phi) is 25.6. The second-order valence-electron chi connectivity index (χ2n) is 24.1. The summed E-state index contributed by atoms with van der Waals surface area (Å²) in [5.41, 5.74) is -0.266. The highest BCUT2D eigenvalue weighted by Gasteiger charge is 2.64. The van der Waals surface area contributed by atoms with Crippen molar-refractivity contribution in [1.82, 2.24) is 25.1 Å². The Morgan fingerprint density at radius 3 is 2.30 bits per heavy atom. The first kappa shape index (κ1) is 72.2. The van der Waals surface area contributed by atoms with Crippen molar-refractivity contribution < 1.29 is 91.4 Å². The van der Waals surface area contributed by atoms with E-state index in [1.807, 2.05) is 13.0 Å². The van der Waals surface area contributed by atoms with Gasteiger partial charge in [-0.25, -0.2) is 24.0 Å². The molecule has 9 atom stereocenters. The number of aliphatic hydroxyl groups excluding tert-OH is 1. The number of hydrogen-bond donors (Lipinski definition) is 5. The van der Waals surface area contributed by atoms with E-state index in [0.29, 0.717) is 28.5 Å². The second-order valence-corrected chi connectivity index (χ2v) is 25.5. The van der Waals surface area contributed by atoms with Gasteiger partial charge < -0.3 is 68.3 Å². The molecule has 2 aromatic rings. The van der Waals surface area contributed by atoms with E-state index in [9.17, 15) is 53.4 Å². The van der Waals surface area contributed by atoms with Gasteiger partial charge in [-0.3, -0.25) is 34.6 Å². The minimum atomic E-state index is -1.91. The Labute approximate surface area is 544 Å². The Balaban J connectivity index is 0.923. The third kappa shape index (κ3) is 19.0. The number of epoxide rings is 1. The van der Waals surface area contributed by atoms with Crippen LogP contribution in [0.4, 0.5) is 36.2 Å². The number of nitrogens with one attached hydrogen (secondary N) is 3. The van der Waals surface area contributed by atoms with Crippen molar-refractivity contribution >= 4 is 93.5 Å². The summed E-state index contributed by atoms with van der Waals surface area (Å²) in [6, 6.07) is 7.08. The number of hydrogen-bond acceptors (Lipinski definition) is 21. The third-order valence-electron chi connectivity index (χ3n) is 17.2. The molecule has 8 amide bonds. The number of amides is 8. The number of allylic oxidation sites excluding steroid dienone is 3. The van der Waals surface area contributed by atoms with Gasteiger partial charge in [0.05, 0.1) is 43.2 Å². The quantitative estimate of drug-likeness (QED) is 0.0283. The number of methoxy groups -OCH3 is 2. The molecule has 0 spiro atoms. The van der Waals surface area contributed by atoms with Crippen molar-refractivity contribution in [3.8, 4) is 5.75 Å². The van der Waals surface area contributed by atoms with Crippen LogP contribution in [0.25, 0.3) is 0 Å². The van der Waals surface area contributed by atoms with Crippen LogP contribution in [-0.4, -0.2) is 205 Å². The predicted molar refractivity (Wildman–Crippen MR) is 338 cm³/mol. The fourth-order valence-electron chi connectivity index (χ4n) is 11.3. The minimum absolute atomic E-state index is 0.0276. The summed E-state index contributed by atoms with van der Waals surface area (Å²) < 4.78 is 40.8. The first-order valence-corrected chi connectivity index (χ1v) is 32.2. The van der Waals surface area contributed by atoms with Gasteiger partial charge in [0.25, 0.3) is 17.1 Å². The van der Waals surface area contributed by atoms with Gasteiger partial charge in [0.15, 0.2) is 12.0 Å². The molecule has 29 heteroatoms. The molecule has 506 valence electrons. The van der Waals surface area contributed by atoms with Crippen molar-refractivity contribution in [3.63, 3.8) is 0 Å². The normalized spacial score (nSPS) is 25.4. The number of aliphatic hydroxyl groups is 2. The number of imide groups is 1. The topological polar surface area (TPSA) is 324 Å². The van der Waals surface area contributed by atoms with E-state index >= 15 is 0 Å². The summed E-state index contributed by atoms with van der Waals surface area (Å²) in [6.07, 6.45) is 3.28. The van der Waals surface area contributed by atoms with Crippen molar-refractivity contribution in [2.45, 2.75) is 172 Å².